The van der Waals surface area contributed by atoms with Gasteiger partial charge in [-0.05, 0) is 53.7 Å². The van der Waals surface area contributed by atoms with Crippen molar-refractivity contribution >= 4 is 34.4 Å². The van der Waals surface area contributed by atoms with E-state index in [4.69, 9.17) is 12.2 Å². The second-order valence-corrected chi connectivity index (χ2v) is 7.11. The summed E-state index contributed by atoms with van der Waals surface area (Å²) in [5.74, 6) is -0.206. The van der Waals surface area contributed by atoms with Crippen molar-refractivity contribution in [2.75, 3.05) is 31.5 Å². The van der Waals surface area contributed by atoms with Crippen LogP contribution < -0.4 is 10.2 Å². The molecule has 23 heavy (non-hydrogen) atoms. The van der Waals surface area contributed by atoms with Crippen LogP contribution in [-0.4, -0.2) is 36.2 Å². The van der Waals surface area contributed by atoms with Gasteiger partial charge in [0.2, 0.25) is 0 Å². The van der Waals surface area contributed by atoms with Crippen LogP contribution in [0.15, 0.2) is 35.0 Å². The van der Waals surface area contributed by atoms with E-state index >= 15 is 0 Å². The van der Waals surface area contributed by atoms with Gasteiger partial charge in [0.25, 0.3) is 0 Å². The third kappa shape index (κ3) is 4.28. The number of halogens is 1. The summed E-state index contributed by atoms with van der Waals surface area (Å²) in [6, 6.07) is 7.33. The zero-order valence-electron chi connectivity index (χ0n) is 13.1. The lowest BCUT2D eigenvalue weighted by Gasteiger charge is -2.33. The maximum atomic E-state index is 13.6. The van der Waals surface area contributed by atoms with Crippen LogP contribution in [-0.2, 0) is 6.54 Å². The Hall–Kier alpha value is -1.50. The Kier molecular flexibility index (Phi) is 5.25. The number of thiocarbonyl (C=S) groups is 1. The first-order chi connectivity index (χ1) is 11.1. The molecule has 0 unspecified atom stereocenters. The first-order valence-corrected chi connectivity index (χ1v) is 9.13. The van der Waals surface area contributed by atoms with Crippen molar-refractivity contribution in [3.63, 3.8) is 0 Å². The summed E-state index contributed by atoms with van der Waals surface area (Å²) in [7, 11) is 0. The van der Waals surface area contributed by atoms with Crippen LogP contribution in [0.5, 0.6) is 0 Å². The summed E-state index contributed by atoms with van der Waals surface area (Å²) >= 11 is 7.22. The molecule has 1 aromatic carbocycles. The van der Waals surface area contributed by atoms with E-state index in [2.05, 4.69) is 27.0 Å². The molecule has 1 aliphatic heterocycles. The molecule has 2 aromatic rings. The lowest BCUT2D eigenvalue weighted by molar-refractivity contribution is -0.917. The number of anilines is 1. The lowest BCUT2D eigenvalue weighted by Crippen LogP contribution is -3.13. The fourth-order valence-corrected chi connectivity index (χ4v) is 3.73. The minimum Gasteiger partial charge on any atom is -0.338 e. The molecule has 0 atom stereocenters. The number of nitrogens with zero attached hydrogens (tertiary/aromatic N) is 1. The van der Waals surface area contributed by atoms with Crippen molar-refractivity contribution in [2.45, 2.75) is 13.5 Å². The fraction of sp³-hybridized carbons (Fsp3) is 0.353. The van der Waals surface area contributed by atoms with Gasteiger partial charge in [-0.3, -0.25) is 0 Å². The van der Waals surface area contributed by atoms with E-state index in [1.54, 1.807) is 29.2 Å². The highest BCUT2D eigenvalue weighted by molar-refractivity contribution is 7.80. The van der Waals surface area contributed by atoms with Crippen LogP contribution in [0.25, 0.3) is 0 Å². The number of piperazine rings is 1. The topological polar surface area (TPSA) is 19.7 Å². The van der Waals surface area contributed by atoms with Crippen LogP contribution in [0.2, 0.25) is 0 Å². The minimum atomic E-state index is -0.206. The zero-order chi connectivity index (χ0) is 16.2. The molecular weight excluding hydrogens is 329 g/mol. The number of hydrogen-bond acceptors (Lipinski definition) is 2. The summed E-state index contributed by atoms with van der Waals surface area (Å²) in [4.78, 5) is 3.76. The highest BCUT2D eigenvalue weighted by Crippen LogP contribution is 2.14. The molecule has 1 saturated heterocycles. The molecule has 0 saturated carbocycles. The van der Waals surface area contributed by atoms with Gasteiger partial charge in [0, 0.05) is 11.3 Å². The molecule has 1 fully saturated rings. The van der Waals surface area contributed by atoms with E-state index < -0.39 is 0 Å². The monoisotopic (exact) mass is 350 g/mol. The number of hydrogen-bond donors (Lipinski definition) is 2. The van der Waals surface area contributed by atoms with E-state index in [-0.39, 0.29) is 5.82 Å². The highest BCUT2D eigenvalue weighted by Gasteiger charge is 2.22. The summed E-state index contributed by atoms with van der Waals surface area (Å²) in [6.07, 6.45) is 0. The van der Waals surface area contributed by atoms with Crippen molar-refractivity contribution in [2.24, 2.45) is 0 Å². The van der Waals surface area contributed by atoms with Crippen LogP contribution in [0.1, 0.15) is 11.1 Å². The van der Waals surface area contributed by atoms with Gasteiger partial charge in [-0.15, -0.1) is 0 Å². The van der Waals surface area contributed by atoms with E-state index in [0.717, 1.165) is 32.7 Å². The predicted octanol–water partition coefficient (Wildman–Crippen LogP) is 2.29. The number of thiophene rings is 1. The van der Waals surface area contributed by atoms with E-state index in [1.807, 2.05) is 6.07 Å². The molecule has 1 aliphatic rings. The summed E-state index contributed by atoms with van der Waals surface area (Å²) < 4.78 is 13.6. The molecule has 0 bridgehead atoms. The van der Waals surface area contributed by atoms with Gasteiger partial charge in [0.15, 0.2) is 5.11 Å². The third-order valence-electron chi connectivity index (χ3n) is 4.22. The Morgan fingerprint density at radius 2 is 2.13 bits per heavy atom. The second-order valence-electron chi connectivity index (χ2n) is 5.94. The molecule has 2 N–H and O–H groups in total. The lowest BCUT2D eigenvalue weighted by atomic mass is 10.2. The van der Waals surface area contributed by atoms with E-state index in [1.165, 1.54) is 11.6 Å². The molecule has 0 amide bonds. The van der Waals surface area contributed by atoms with E-state index in [0.29, 0.717) is 16.4 Å². The predicted molar refractivity (Wildman–Crippen MR) is 97.7 cm³/mol. The Labute approximate surface area is 145 Å². The van der Waals surface area contributed by atoms with Crippen molar-refractivity contribution in [1.82, 2.24) is 4.90 Å². The number of quaternary nitrogens is 1. The Bertz CT molecular complexity index is 664. The molecule has 2 heterocycles. The fourth-order valence-electron chi connectivity index (χ4n) is 2.76. The molecular formula is C17H21FN3S2+. The van der Waals surface area contributed by atoms with Crippen LogP contribution in [0, 0.1) is 12.7 Å². The number of nitrogens with one attached hydrogen (secondary N) is 2. The summed E-state index contributed by atoms with van der Waals surface area (Å²) in [6.45, 7) is 6.84. The SMILES string of the molecule is Cc1ccc(NC(=S)N2CC[NH+](Cc3ccsc3)CC2)cc1F. The van der Waals surface area contributed by atoms with Crippen LogP contribution in [0.3, 0.4) is 0 Å². The molecule has 1 aromatic heterocycles. The van der Waals surface area contributed by atoms with Gasteiger partial charge >= 0.3 is 0 Å². The minimum absolute atomic E-state index is 0.206. The molecule has 3 nitrogen and oxygen atoms in total. The average molecular weight is 351 g/mol. The Balaban J connectivity index is 1.50. The first-order valence-electron chi connectivity index (χ1n) is 7.78. The quantitative estimate of drug-likeness (QED) is 0.829. The van der Waals surface area contributed by atoms with Crippen molar-refractivity contribution in [1.29, 1.82) is 0 Å². The van der Waals surface area contributed by atoms with Crippen molar-refractivity contribution in [3.8, 4) is 0 Å². The zero-order valence-corrected chi connectivity index (χ0v) is 14.8. The van der Waals surface area contributed by atoms with Gasteiger partial charge in [-0.25, -0.2) is 4.39 Å². The highest BCUT2D eigenvalue weighted by atomic mass is 32.1. The van der Waals surface area contributed by atoms with Gasteiger partial charge in [0.1, 0.15) is 12.4 Å². The third-order valence-corrected chi connectivity index (χ3v) is 5.31. The maximum absolute atomic E-state index is 13.6. The van der Waals surface area contributed by atoms with Crippen molar-refractivity contribution in [3.05, 3.63) is 52.0 Å². The standard InChI is InChI=1S/C17H20FN3S2/c1-13-2-3-15(10-16(13)18)19-17(22)21-7-5-20(6-8-21)11-14-4-9-23-12-14/h2-4,9-10,12H,5-8,11H2,1H3,(H,19,22)/p+1. The summed E-state index contributed by atoms with van der Waals surface area (Å²) in [5, 5.41) is 8.18. The van der Waals surface area contributed by atoms with Crippen LogP contribution >= 0.6 is 23.6 Å². The van der Waals surface area contributed by atoms with Gasteiger partial charge in [0.05, 0.1) is 26.2 Å². The molecule has 6 heteroatoms. The number of rotatable bonds is 3. The maximum Gasteiger partial charge on any atom is 0.173 e. The van der Waals surface area contributed by atoms with Gasteiger partial charge in [-0.1, -0.05) is 6.07 Å². The molecule has 0 spiro atoms. The van der Waals surface area contributed by atoms with E-state index in [9.17, 15) is 4.39 Å². The normalized spacial score (nSPS) is 15.7. The van der Waals surface area contributed by atoms with Gasteiger partial charge < -0.3 is 15.1 Å². The molecule has 0 aliphatic carbocycles. The smallest absolute Gasteiger partial charge is 0.173 e. The average Bonchev–Trinajstić information content (AvgIpc) is 3.04. The van der Waals surface area contributed by atoms with Crippen LogP contribution in [0.4, 0.5) is 10.1 Å². The molecule has 122 valence electrons. The largest absolute Gasteiger partial charge is 0.338 e. The molecule has 0 radical (unpaired) electrons. The number of benzene rings is 1. The van der Waals surface area contributed by atoms with Gasteiger partial charge in [-0.2, -0.15) is 11.3 Å². The number of aryl methyl sites for hydroxylation is 1. The van der Waals surface area contributed by atoms with Crippen molar-refractivity contribution < 1.29 is 9.29 Å². The second kappa shape index (κ2) is 7.38. The molecule has 3 rings (SSSR count). The Morgan fingerprint density at radius 1 is 1.35 bits per heavy atom. The Morgan fingerprint density at radius 3 is 2.78 bits per heavy atom. The first kappa shape index (κ1) is 16.4. The summed E-state index contributed by atoms with van der Waals surface area (Å²) in [5.41, 5.74) is 2.77.